The summed E-state index contributed by atoms with van der Waals surface area (Å²) in [6, 6.07) is 0.417. The Balaban J connectivity index is 1.61. The first-order chi connectivity index (χ1) is 8.20. The molecular weight excluding hydrogens is 218 g/mol. The zero-order chi connectivity index (χ0) is 12.3. The summed E-state index contributed by atoms with van der Waals surface area (Å²) in [6.45, 7) is 1.52. The summed E-state index contributed by atoms with van der Waals surface area (Å²) in [7, 11) is 1.81. The molecule has 2 rings (SSSR count). The third-order valence-electron chi connectivity index (χ3n) is 3.42. The standard InChI is InChI=1S/C12H21N3O2/c1-13-10-6-8-15(12(10)17)7-2-3-11(16)14-9-4-5-9/h9-10,13H,2-8H2,1H3,(H,14,16). The van der Waals surface area contributed by atoms with Gasteiger partial charge in [-0.1, -0.05) is 0 Å². The molecule has 0 aromatic heterocycles. The van der Waals surface area contributed by atoms with Crippen molar-refractivity contribution in [3.05, 3.63) is 0 Å². The lowest BCUT2D eigenvalue weighted by Gasteiger charge is -2.16. The zero-order valence-electron chi connectivity index (χ0n) is 10.4. The van der Waals surface area contributed by atoms with Gasteiger partial charge in [0.2, 0.25) is 11.8 Å². The van der Waals surface area contributed by atoms with Crippen LogP contribution in [0.15, 0.2) is 0 Å². The maximum atomic E-state index is 11.8. The van der Waals surface area contributed by atoms with Crippen molar-refractivity contribution in [2.24, 2.45) is 0 Å². The van der Waals surface area contributed by atoms with E-state index in [9.17, 15) is 9.59 Å². The van der Waals surface area contributed by atoms with Crippen molar-refractivity contribution in [3.8, 4) is 0 Å². The van der Waals surface area contributed by atoms with Crippen LogP contribution in [0.1, 0.15) is 32.1 Å². The predicted molar refractivity (Wildman–Crippen MR) is 64.4 cm³/mol. The second-order valence-electron chi connectivity index (χ2n) is 4.90. The average Bonchev–Trinajstić information content (AvgIpc) is 3.04. The van der Waals surface area contributed by atoms with Gasteiger partial charge >= 0.3 is 0 Å². The second-order valence-corrected chi connectivity index (χ2v) is 4.90. The van der Waals surface area contributed by atoms with Crippen molar-refractivity contribution < 1.29 is 9.59 Å². The fraction of sp³-hybridized carbons (Fsp3) is 0.833. The van der Waals surface area contributed by atoms with Gasteiger partial charge in [0.1, 0.15) is 0 Å². The maximum Gasteiger partial charge on any atom is 0.239 e. The molecular formula is C12H21N3O2. The molecule has 1 aliphatic heterocycles. The molecule has 2 aliphatic rings. The highest BCUT2D eigenvalue weighted by atomic mass is 16.2. The van der Waals surface area contributed by atoms with E-state index in [-0.39, 0.29) is 17.9 Å². The minimum absolute atomic E-state index is 0.0182. The molecule has 5 heteroatoms. The van der Waals surface area contributed by atoms with Gasteiger partial charge in [-0.25, -0.2) is 0 Å². The van der Waals surface area contributed by atoms with E-state index in [1.165, 1.54) is 0 Å². The van der Waals surface area contributed by atoms with Crippen LogP contribution >= 0.6 is 0 Å². The molecule has 1 atom stereocenters. The third kappa shape index (κ3) is 3.43. The van der Waals surface area contributed by atoms with Crippen molar-refractivity contribution in [2.45, 2.75) is 44.2 Å². The van der Waals surface area contributed by atoms with Crippen molar-refractivity contribution in [1.29, 1.82) is 0 Å². The number of likely N-dealkylation sites (N-methyl/N-ethyl adjacent to an activating group) is 1. The maximum absolute atomic E-state index is 11.8. The molecule has 0 aromatic carbocycles. The molecule has 96 valence electrons. The summed E-state index contributed by atoms with van der Waals surface area (Å²) in [5.74, 6) is 0.305. The fourth-order valence-electron chi connectivity index (χ4n) is 2.19. The zero-order valence-corrected chi connectivity index (χ0v) is 10.4. The van der Waals surface area contributed by atoms with Gasteiger partial charge in [0, 0.05) is 25.6 Å². The molecule has 0 spiro atoms. The Morgan fingerprint density at radius 3 is 2.76 bits per heavy atom. The largest absolute Gasteiger partial charge is 0.353 e. The summed E-state index contributed by atoms with van der Waals surface area (Å²) >= 11 is 0. The normalized spacial score (nSPS) is 24.2. The van der Waals surface area contributed by atoms with E-state index < -0.39 is 0 Å². The summed E-state index contributed by atoms with van der Waals surface area (Å²) in [5.41, 5.74) is 0. The van der Waals surface area contributed by atoms with E-state index in [0.717, 1.165) is 32.2 Å². The molecule has 17 heavy (non-hydrogen) atoms. The average molecular weight is 239 g/mol. The van der Waals surface area contributed by atoms with E-state index in [4.69, 9.17) is 0 Å². The SMILES string of the molecule is CNC1CCN(CCCC(=O)NC2CC2)C1=O. The van der Waals surface area contributed by atoms with Gasteiger partial charge in [0.15, 0.2) is 0 Å². The highest BCUT2D eigenvalue weighted by Gasteiger charge is 2.29. The Labute approximate surface area is 102 Å². The molecule has 2 fully saturated rings. The van der Waals surface area contributed by atoms with Crippen LogP contribution in [0.5, 0.6) is 0 Å². The Morgan fingerprint density at radius 1 is 1.41 bits per heavy atom. The molecule has 0 radical (unpaired) electrons. The fourth-order valence-corrected chi connectivity index (χ4v) is 2.19. The van der Waals surface area contributed by atoms with Crippen LogP contribution in [-0.2, 0) is 9.59 Å². The molecule has 0 aromatic rings. The molecule has 1 heterocycles. The van der Waals surface area contributed by atoms with E-state index in [1.807, 2.05) is 11.9 Å². The highest BCUT2D eigenvalue weighted by molar-refractivity contribution is 5.84. The number of carbonyl (C=O) groups excluding carboxylic acids is 2. The third-order valence-corrected chi connectivity index (χ3v) is 3.42. The summed E-state index contributed by atoms with van der Waals surface area (Å²) in [5, 5.41) is 5.96. The number of likely N-dealkylation sites (tertiary alicyclic amines) is 1. The first kappa shape index (κ1) is 12.4. The van der Waals surface area contributed by atoms with E-state index in [2.05, 4.69) is 10.6 Å². The minimum atomic E-state index is -0.0182. The molecule has 2 N–H and O–H groups in total. The first-order valence-corrected chi connectivity index (χ1v) is 6.46. The number of rotatable bonds is 6. The van der Waals surface area contributed by atoms with Crippen LogP contribution in [0.3, 0.4) is 0 Å². The van der Waals surface area contributed by atoms with Crippen LogP contribution in [-0.4, -0.2) is 48.9 Å². The smallest absolute Gasteiger partial charge is 0.239 e. The Kier molecular flexibility index (Phi) is 3.99. The van der Waals surface area contributed by atoms with Gasteiger partial charge in [0.25, 0.3) is 0 Å². The molecule has 5 nitrogen and oxygen atoms in total. The monoisotopic (exact) mass is 239 g/mol. The quantitative estimate of drug-likeness (QED) is 0.678. The molecule has 2 amide bonds. The van der Waals surface area contributed by atoms with Gasteiger partial charge in [-0.3, -0.25) is 9.59 Å². The Bertz CT molecular complexity index is 302. The van der Waals surface area contributed by atoms with Crippen LogP contribution in [0.2, 0.25) is 0 Å². The molecule has 0 bridgehead atoms. The topological polar surface area (TPSA) is 61.4 Å². The highest BCUT2D eigenvalue weighted by Crippen LogP contribution is 2.18. The van der Waals surface area contributed by atoms with Crippen molar-refractivity contribution >= 4 is 11.8 Å². The molecule has 1 saturated carbocycles. The van der Waals surface area contributed by atoms with Crippen LogP contribution < -0.4 is 10.6 Å². The molecule has 1 saturated heterocycles. The van der Waals surface area contributed by atoms with Gasteiger partial charge in [-0.15, -0.1) is 0 Å². The predicted octanol–water partition coefficient (Wildman–Crippen LogP) is -0.134. The lowest BCUT2D eigenvalue weighted by molar-refractivity contribution is -0.130. The van der Waals surface area contributed by atoms with Gasteiger partial charge in [0.05, 0.1) is 6.04 Å². The minimum Gasteiger partial charge on any atom is -0.353 e. The van der Waals surface area contributed by atoms with Gasteiger partial charge in [-0.05, 0) is 32.7 Å². The van der Waals surface area contributed by atoms with E-state index in [1.54, 1.807) is 0 Å². The Hall–Kier alpha value is -1.10. The van der Waals surface area contributed by atoms with E-state index >= 15 is 0 Å². The summed E-state index contributed by atoms with van der Waals surface area (Å²) in [6.07, 6.45) is 4.43. The number of carbonyl (C=O) groups is 2. The lowest BCUT2D eigenvalue weighted by Crippen LogP contribution is -2.37. The lowest BCUT2D eigenvalue weighted by atomic mass is 10.2. The number of hydrogen-bond donors (Lipinski definition) is 2. The number of nitrogens with zero attached hydrogens (tertiary/aromatic N) is 1. The van der Waals surface area contributed by atoms with Crippen LogP contribution in [0, 0.1) is 0 Å². The number of amides is 2. The van der Waals surface area contributed by atoms with Crippen LogP contribution in [0.4, 0.5) is 0 Å². The van der Waals surface area contributed by atoms with Crippen molar-refractivity contribution in [3.63, 3.8) is 0 Å². The molecule has 1 aliphatic carbocycles. The van der Waals surface area contributed by atoms with Crippen molar-refractivity contribution in [1.82, 2.24) is 15.5 Å². The summed E-state index contributed by atoms with van der Waals surface area (Å²) < 4.78 is 0. The first-order valence-electron chi connectivity index (χ1n) is 6.46. The summed E-state index contributed by atoms with van der Waals surface area (Å²) in [4.78, 5) is 25.1. The van der Waals surface area contributed by atoms with Gasteiger partial charge < -0.3 is 15.5 Å². The molecule has 1 unspecified atom stereocenters. The number of hydrogen-bond acceptors (Lipinski definition) is 3. The number of nitrogens with one attached hydrogen (secondary N) is 2. The van der Waals surface area contributed by atoms with Gasteiger partial charge in [-0.2, -0.15) is 0 Å². The van der Waals surface area contributed by atoms with Crippen molar-refractivity contribution in [2.75, 3.05) is 20.1 Å². The van der Waals surface area contributed by atoms with E-state index in [0.29, 0.717) is 19.0 Å². The second kappa shape index (κ2) is 5.49. The van der Waals surface area contributed by atoms with Crippen LogP contribution in [0.25, 0.3) is 0 Å². The Morgan fingerprint density at radius 2 is 2.18 bits per heavy atom.